The van der Waals surface area contributed by atoms with E-state index in [9.17, 15) is 28.1 Å². The number of benzene rings is 2. The minimum atomic E-state index is -5.14. The molecule has 130 valence electrons. The fourth-order valence-corrected chi connectivity index (χ4v) is 1.91. The maximum Gasteiger partial charge on any atom is 0.423 e. The number of aromatic carboxylic acids is 1. The van der Waals surface area contributed by atoms with Gasteiger partial charge < -0.3 is 10.8 Å². The lowest BCUT2D eigenvalue weighted by molar-refractivity contribution is -0.388. The van der Waals surface area contributed by atoms with E-state index in [0.29, 0.717) is 17.8 Å². The summed E-state index contributed by atoms with van der Waals surface area (Å²) in [7, 11) is 0. The highest BCUT2D eigenvalue weighted by Crippen LogP contribution is 2.41. The van der Waals surface area contributed by atoms with Crippen molar-refractivity contribution in [1.29, 1.82) is 0 Å². The highest BCUT2D eigenvalue weighted by atomic mass is 19.4. The second kappa shape index (κ2) is 6.55. The van der Waals surface area contributed by atoms with Crippen molar-refractivity contribution in [2.45, 2.75) is 6.18 Å². The molecule has 0 saturated carbocycles. The standard InChI is InChI=1S/C14H9F3N4O4/c15-14(16,17)11-6-9(5-10(13(22)23)12(11)21(24)25)20-19-8-3-1-7(18)2-4-8/h1-6H,18H2,(H,22,23). The van der Waals surface area contributed by atoms with Crippen LogP contribution in [0.25, 0.3) is 0 Å². The zero-order valence-electron chi connectivity index (χ0n) is 12.2. The van der Waals surface area contributed by atoms with Crippen molar-refractivity contribution in [1.82, 2.24) is 0 Å². The molecule has 2 rings (SSSR count). The van der Waals surface area contributed by atoms with Gasteiger partial charge in [0.25, 0.3) is 5.69 Å². The summed E-state index contributed by atoms with van der Waals surface area (Å²) in [5.41, 5.74) is 1.26. The molecule has 0 unspecified atom stereocenters. The molecule has 0 bridgehead atoms. The van der Waals surface area contributed by atoms with Crippen LogP contribution in [0.3, 0.4) is 0 Å². The lowest BCUT2D eigenvalue weighted by atomic mass is 10.1. The number of nitrogens with two attached hydrogens (primary N) is 1. The lowest BCUT2D eigenvalue weighted by Crippen LogP contribution is -2.13. The number of alkyl halides is 3. The van der Waals surface area contributed by atoms with Crippen molar-refractivity contribution in [3.05, 3.63) is 57.6 Å². The van der Waals surface area contributed by atoms with Crippen LogP contribution in [0.5, 0.6) is 0 Å². The number of nitro benzene ring substituents is 1. The molecule has 2 aromatic carbocycles. The predicted molar refractivity (Wildman–Crippen MR) is 80.1 cm³/mol. The zero-order valence-corrected chi connectivity index (χ0v) is 12.2. The number of hydrogen-bond donors (Lipinski definition) is 2. The molecule has 3 N–H and O–H groups in total. The van der Waals surface area contributed by atoms with Crippen LogP contribution in [0, 0.1) is 10.1 Å². The highest BCUT2D eigenvalue weighted by Gasteiger charge is 2.41. The minimum Gasteiger partial charge on any atom is -0.477 e. The highest BCUT2D eigenvalue weighted by molar-refractivity contribution is 5.94. The summed E-state index contributed by atoms with van der Waals surface area (Å²) in [6.45, 7) is 0. The molecule has 0 spiro atoms. The Hall–Kier alpha value is -3.50. The number of halogens is 3. The average Bonchev–Trinajstić information content (AvgIpc) is 2.52. The first-order valence-corrected chi connectivity index (χ1v) is 6.50. The summed E-state index contributed by atoms with van der Waals surface area (Å²) >= 11 is 0. The van der Waals surface area contributed by atoms with Crippen LogP contribution in [-0.2, 0) is 6.18 Å². The molecule has 0 radical (unpaired) electrons. The van der Waals surface area contributed by atoms with Crippen LogP contribution >= 0.6 is 0 Å². The molecule has 0 amide bonds. The number of azo groups is 1. The molecule has 2 aromatic rings. The Balaban J connectivity index is 2.59. The largest absolute Gasteiger partial charge is 0.477 e. The molecule has 0 saturated heterocycles. The number of carbonyl (C=O) groups is 1. The van der Waals surface area contributed by atoms with Gasteiger partial charge in [0.2, 0.25) is 0 Å². The van der Waals surface area contributed by atoms with E-state index in [0.717, 1.165) is 0 Å². The van der Waals surface area contributed by atoms with Gasteiger partial charge in [-0.25, -0.2) is 4.79 Å². The predicted octanol–water partition coefficient (Wildman–Crippen LogP) is 4.31. The first kappa shape index (κ1) is 17.8. The fraction of sp³-hybridized carbons (Fsp3) is 0.0714. The van der Waals surface area contributed by atoms with Crippen molar-refractivity contribution in [3.63, 3.8) is 0 Å². The van der Waals surface area contributed by atoms with E-state index in [2.05, 4.69) is 10.2 Å². The number of rotatable bonds is 4. The maximum atomic E-state index is 13.1. The van der Waals surface area contributed by atoms with Crippen molar-refractivity contribution in [2.75, 3.05) is 5.73 Å². The Kier molecular flexibility index (Phi) is 4.68. The summed E-state index contributed by atoms with van der Waals surface area (Å²) in [4.78, 5) is 20.6. The third kappa shape index (κ3) is 4.07. The molecule has 0 aliphatic rings. The lowest BCUT2D eigenvalue weighted by Gasteiger charge is -2.10. The second-order valence-corrected chi connectivity index (χ2v) is 4.74. The van der Waals surface area contributed by atoms with Crippen LogP contribution in [-0.4, -0.2) is 16.0 Å². The van der Waals surface area contributed by atoms with Crippen LogP contribution in [0.15, 0.2) is 46.6 Å². The summed E-state index contributed by atoms with van der Waals surface area (Å²) in [6, 6.07) is 6.85. The zero-order chi connectivity index (χ0) is 18.8. The molecular formula is C14H9F3N4O4. The smallest absolute Gasteiger partial charge is 0.423 e. The number of hydrogen-bond acceptors (Lipinski definition) is 6. The first-order valence-electron chi connectivity index (χ1n) is 6.50. The van der Waals surface area contributed by atoms with Crippen molar-refractivity contribution >= 4 is 28.7 Å². The summed E-state index contributed by atoms with van der Waals surface area (Å²) < 4.78 is 39.2. The van der Waals surface area contributed by atoms with Gasteiger partial charge in [-0.2, -0.15) is 23.4 Å². The Bertz CT molecular complexity index is 864. The monoisotopic (exact) mass is 354 g/mol. The topological polar surface area (TPSA) is 131 Å². The van der Waals surface area contributed by atoms with Crippen LogP contribution in [0.4, 0.5) is 35.9 Å². The third-order valence-corrected chi connectivity index (χ3v) is 2.99. The van der Waals surface area contributed by atoms with Gasteiger partial charge in [0.05, 0.1) is 16.3 Å². The number of nitrogen functional groups attached to an aromatic ring is 1. The van der Waals surface area contributed by atoms with E-state index in [1.165, 1.54) is 24.3 Å². The molecule has 25 heavy (non-hydrogen) atoms. The molecule has 0 fully saturated rings. The summed E-state index contributed by atoms with van der Waals surface area (Å²) in [6.07, 6.45) is -5.14. The Labute approximate surface area is 137 Å². The van der Waals surface area contributed by atoms with E-state index in [1.807, 2.05) is 0 Å². The second-order valence-electron chi connectivity index (χ2n) is 4.74. The Morgan fingerprint density at radius 1 is 1.12 bits per heavy atom. The number of carboxylic acid groups (broad SMARTS) is 1. The number of anilines is 1. The fourth-order valence-electron chi connectivity index (χ4n) is 1.91. The number of carboxylic acids is 1. The minimum absolute atomic E-state index is 0.248. The normalized spacial score (nSPS) is 11.6. The van der Waals surface area contributed by atoms with E-state index >= 15 is 0 Å². The molecular weight excluding hydrogens is 345 g/mol. The quantitative estimate of drug-likeness (QED) is 0.365. The third-order valence-electron chi connectivity index (χ3n) is 2.99. The van der Waals surface area contributed by atoms with Gasteiger partial charge in [0.1, 0.15) is 11.1 Å². The Morgan fingerprint density at radius 3 is 2.16 bits per heavy atom. The van der Waals surface area contributed by atoms with Gasteiger partial charge in [-0.1, -0.05) is 0 Å². The van der Waals surface area contributed by atoms with Gasteiger partial charge in [-0.3, -0.25) is 10.1 Å². The van der Waals surface area contributed by atoms with Crippen LogP contribution in [0.2, 0.25) is 0 Å². The first-order chi connectivity index (χ1) is 11.6. The summed E-state index contributed by atoms with van der Waals surface area (Å²) in [5.74, 6) is -1.89. The SMILES string of the molecule is Nc1ccc(N=Nc2cc(C(=O)O)c([N+](=O)[O-])c(C(F)(F)F)c2)cc1. The van der Waals surface area contributed by atoms with Crippen molar-refractivity contribution < 1.29 is 28.0 Å². The number of nitro groups is 1. The molecule has 0 aliphatic heterocycles. The molecule has 0 atom stereocenters. The van der Waals surface area contributed by atoms with Crippen molar-refractivity contribution in [2.24, 2.45) is 10.2 Å². The van der Waals surface area contributed by atoms with Crippen LogP contribution in [0.1, 0.15) is 15.9 Å². The summed E-state index contributed by atoms with van der Waals surface area (Å²) in [5, 5.41) is 27.1. The molecule has 0 aliphatic carbocycles. The van der Waals surface area contributed by atoms with E-state index < -0.39 is 39.6 Å². The molecule has 0 aromatic heterocycles. The van der Waals surface area contributed by atoms with Gasteiger partial charge in [-0.15, -0.1) is 0 Å². The van der Waals surface area contributed by atoms with Gasteiger partial charge in [0, 0.05) is 5.69 Å². The van der Waals surface area contributed by atoms with E-state index in [1.54, 1.807) is 0 Å². The molecule has 0 heterocycles. The van der Waals surface area contributed by atoms with E-state index in [4.69, 9.17) is 10.8 Å². The molecule has 8 nitrogen and oxygen atoms in total. The van der Waals surface area contributed by atoms with Gasteiger partial charge in [-0.05, 0) is 36.4 Å². The average molecular weight is 354 g/mol. The van der Waals surface area contributed by atoms with E-state index in [-0.39, 0.29) is 5.69 Å². The van der Waals surface area contributed by atoms with Crippen molar-refractivity contribution in [3.8, 4) is 0 Å². The van der Waals surface area contributed by atoms with Gasteiger partial charge in [0.15, 0.2) is 0 Å². The van der Waals surface area contributed by atoms with Crippen LogP contribution < -0.4 is 5.73 Å². The molecule has 11 heteroatoms. The van der Waals surface area contributed by atoms with Gasteiger partial charge >= 0.3 is 12.1 Å². The number of nitrogens with zero attached hydrogens (tertiary/aromatic N) is 3. The maximum absolute atomic E-state index is 13.1. The Morgan fingerprint density at radius 2 is 1.68 bits per heavy atom.